The summed E-state index contributed by atoms with van der Waals surface area (Å²) in [6, 6.07) is 0.147. The van der Waals surface area contributed by atoms with Crippen molar-refractivity contribution in [1.29, 1.82) is 0 Å². The molecule has 1 heterocycles. The number of carboxylic acid groups (broad SMARTS) is 1. The number of nitrogens with zero attached hydrogens (tertiary/aromatic N) is 2. The van der Waals surface area contributed by atoms with Crippen LogP contribution in [-0.2, 0) is 4.79 Å². The lowest BCUT2D eigenvalue weighted by molar-refractivity contribution is -0.141. The van der Waals surface area contributed by atoms with Crippen molar-refractivity contribution in [2.75, 3.05) is 5.32 Å². The van der Waals surface area contributed by atoms with Gasteiger partial charge in [-0.3, -0.25) is 9.78 Å². The molecule has 2 rings (SSSR count). The molecule has 2 N–H and O–H groups in total. The molecule has 1 aliphatic rings. The highest BCUT2D eigenvalue weighted by molar-refractivity contribution is 6.29. The fourth-order valence-corrected chi connectivity index (χ4v) is 2.11. The second-order valence-corrected chi connectivity index (χ2v) is 4.30. The quantitative estimate of drug-likeness (QED) is 0.844. The number of hydrogen-bond acceptors (Lipinski definition) is 4. The van der Waals surface area contributed by atoms with Gasteiger partial charge in [-0.25, -0.2) is 4.98 Å². The van der Waals surface area contributed by atoms with Gasteiger partial charge in [0.15, 0.2) is 0 Å². The Labute approximate surface area is 97.9 Å². The fraction of sp³-hybridized carbons (Fsp3) is 0.500. The van der Waals surface area contributed by atoms with Crippen molar-refractivity contribution in [3.05, 3.63) is 17.5 Å². The largest absolute Gasteiger partial charge is 0.481 e. The SMILES string of the molecule is O=C(O)[C@@H]1CC[C@H](Nc2cncc(Cl)n2)C1. The lowest BCUT2D eigenvalue weighted by atomic mass is 10.1. The average Bonchev–Trinajstić information content (AvgIpc) is 2.66. The molecule has 0 spiro atoms. The number of rotatable bonds is 3. The molecule has 16 heavy (non-hydrogen) atoms. The Balaban J connectivity index is 1.94. The van der Waals surface area contributed by atoms with E-state index in [1.54, 1.807) is 6.20 Å². The molecule has 1 fully saturated rings. The molecule has 1 aromatic heterocycles. The van der Waals surface area contributed by atoms with Gasteiger partial charge in [-0.05, 0) is 19.3 Å². The standard InChI is InChI=1S/C10H12ClN3O2/c11-8-4-12-5-9(14-8)13-7-2-1-6(3-7)10(15)16/h4-7H,1-3H2,(H,13,14)(H,15,16)/t6-,7+/m1/s1. The van der Waals surface area contributed by atoms with Crippen LogP contribution in [0.1, 0.15) is 19.3 Å². The molecule has 0 aliphatic heterocycles. The first kappa shape index (κ1) is 11.1. The second-order valence-electron chi connectivity index (χ2n) is 3.92. The summed E-state index contributed by atoms with van der Waals surface area (Å²) in [5.74, 6) is -0.366. The van der Waals surface area contributed by atoms with Gasteiger partial charge < -0.3 is 10.4 Å². The summed E-state index contributed by atoms with van der Waals surface area (Å²) in [5.41, 5.74) is 0. The zero-order chi connectivity index (χ0) is 11.5. The van der Waals surface area contributed by atoms with Gasteiger partial charge in [-0.1, -0.05) is 11.6 Å². The van der Waals surface area contributed by atoms with Crippen LogP contribution in [0, 0.1) is 5.92 Å². The molecule has 6 heteroatoms. The smallest absolute Gasteiger partial charge is 0.306 e. The fourth-order valence-electron chi connectivity index (χ4n) is 1.96. The Kier molecular flexibility index (Phi) is 3.24. The molecule has 0 aromatic carbocycles. The van der Waals surface area contributed by atoms with E-state index in [9.17, 15) is 4.79 Å². The van der Waals surface area contributed by atoms with Crippen molar-refractivity contribution in [1.82, 2.24) is 9.97 Å². The van der Waals surface area contributed by atoms with Crippen LogP contribution >= 0.6 is 11.6 Å². The van der Waals surface area contributed by atoms with E-state index in [4.69, 9.17) is 16.7 Å². The van der Waals surface area contributed by atoms with Crippen LogP contribution in [0.2, 0.25) is 5.15 Å². The molecule has 0 radical (unpaired) electrons. The predicted molar refractivity (Wildman–Crippen MR) is 59.4 cm³/mol. The van der Waals surface area contributed by atoms with E-state index in [1.807, 2.05) is 0 Å². The molecule has 1 saturated carbocycles. The summed E-state index contributed by atoms with van der Waals surface area (Å²) in [7, 11) is 0. The third-order valence-electron chi connectivity index (χ3n) is 2.74. The minimum Gasteiger partial charge on any atom is -0.481 e. The maximum Gasteiger partial charge on any atom is 0.306 e. The number of nitrogens with one attached hydrogen (secondary N) is 1. The topological polar surface area (TPSA) is 75.1 Å². The summed E-state index contributed by atoms with van der Waals surface area (Å²) in [6.45, 7) is 0. The molecule has 1 aliphatic carbocycles. The van der Waals surface area contributed by atoms with Gasteiger partial charge in [0.05, 0.1) is 18.3 Å². The van der Waals surface area contributed by atoms with Gasteiger partial charge in [0.1, 0.15) is 11.0 Å². The van der Waals surface area contributed by atoms with Crippen molar-refractivity contribution >= 4 is 23.4 Å². The van der Waals surface area contributed by atoms with Gasteiger partial charge in [0, 0.05) is 6.04 Å². The molecule has 0 bridgehead atoms. The number of hydrogen-bond donors (Lipinski definition) is 2. The summed E-state index contributed by atoms with van der Waals surface area (Å²) in [5, 5.41) is 12.3. The predicted octanol–water partition coefficient (Wildman–Crippen LogP) is 1.80. The van der Waals surface area contributed by atoms with Crippen molar-refractivity contribution < 1.29 is 9.90 Å². The van der Waals surface area contributed by atoms with E-state index >= 15 is 0 Å². The number of halogens is 1. The lowest BCUT2D eigenvalue weighted by Crippen LogP contribution is -2.18. The van der Waals surface area contributed by atoms with E-state index in [1.165, 1.54) is 6.20 Å². The monoisotopic (exact) mass is 241 g/mol. The van der Waals surface area contributed by atoms with Crippen LogP contribution < -0.4 is 5.32 Å². The van der Waals surface area contributed by atoms with Crippen LogP contribution in [0.15, 0.2) is 12.4 Å². The van der Waals surface area contributed by atoms with E-state index in [-0.39, 0.29) is 12.0 Å². The molecular formula is C10H12ClN3O2. The van der Waals surface area contributed by atoms with Gasteiger partial charge in [0.2, 0.25) is 0 Å². The van der Waals surface area contributed by atoms with Crippen LogP contribution in [0.5, 0.6) is 0 Å². The molecule has 2 atom stereocenters. The first-order valence-corrected chi connectivity index (χ1v) is 5.50. The maximum absolute atomic E-state index is 10.8. The molecule has 0 saturated heterocycles. The first-order valence-electron chi connectivity index (χ1n) is 5.12. The average molecular weight is 242 g/mol. The molecule has 0 unspecified atom stereocenters. The maximum atomic E-state index is 10.8. The summed E-state index contributed by atoms with van der Waals surface area (Å²) in [4.78, 5) is 18.7. The molecule has 1 aromatic rings. The summed E-state index contributed by atoms with van der Waals surface area (Å²) < 4.78 is 0. The number of carbonyl (C=O) groups is 1. The normalized spacial score (nSPS) is 24.3. The third-order valence-corrected chi connectivity index (χ3v) is 2.92. The third kappa shape index (κ3) is 2.61. The number of carboxylic acids is 1. The van der Waals surface area contributed by atoms with Crippen molar-refractivity contribution in [3.8, 4) is 0 Å². The molecule has 86 valence electrons. The van der Waals surface area contributed by atoms with E-state index < -0.39 is 5.97 Å². The van der Waals surface area contributed by atoms with Gasteiger partial charge in [-0.2, -0.15) is 0 Å². The minimum atomic E-state index is -0.721. The number of aromatic nitrogens is 2. The Hall–Kier alpha value is -1.36. The lowest BCUT2D eigenvalue weighted by Gasteiger charge is -2.12. The van der Waals surface area contributed by atoms with Gasteiger partial charge >= 0.3 is 5.97 Å². The van der Waals surface area contributed by atoms with Crippen LogP contribution in [0.4, 0.5) is 5.82 Å². The molecular weight excluding hydrogens is 230 g/mol. The molecule has 5 nitrogen and oxygen atoms in total. The van der Waals surface area contributed by atoms with Crippen molar-refractivity contribution in [2.24, 2.45) is 5.92 Å². The Morgan fingerprint density at radius 3 is 2.94 bits per heavy atom. The van der Waals surface area contributed by atoms with Crippen LogP contribution in [0.25, 0.3) is 0 Å². The van der Waals surface area contributed by atoms with Gasteiger partial charge in [0.25, 0.3) is 0 Å². The highest BCUT2D eigenvalue weighted by Crippen LogP contribution is 2.27. The first-order chi connectivity index (χ1) is 7.65. The van der Waals surface area contributed by atoms with Crippen LogP contribution in [-0.4, -0.2) is 27.1 Å². The number of anilines is 1. The zero-order valence-electron chi connectivity index (χ0n) is 8.56. The van der Waals surface area contributed by atoms with Crippen molar-refractivity contribution in [2.45, 2.75) is 25.3 Å². The zero-order valence-corrected chi connectivity index (χ0v) is 9.31. The van der Waals surface area contributed by atoms with Gasteiger partial charge in [-0.15, -0.1) is 0 Å². The highest BCUT2D eigenvalue weighted by atomic mass is 35.5. The number of aliphatic carboxylic acids is 1. The molecule has 0 amide bonds. The Bertz CT molecular complexity index is 399. The Morgan fingerprint density at radius 1 is 1.50 bits per heavy atom. The van der Waals surface area contributed by atoms with E-state index in [0.717, 1.165) is 6.42 Å². The minimum absolute atomic E-state index is 0.147. The summed E-state index contributed by atoms with van der Waals surface area (Å²) >= 11 is 5.70. The van der Waals surface area contributed by atoms with Crippen molar-refractivity contribution in [3.63, 3.8) is 0 Å². The summed E-state index contributed by atoms with van der Waals surface area (Å²) in [6.07, 6.45) is 5.22. The van der Waals surface area contributed by atoms with E-state index in [2.05, 4.69) is 15.3 Å². The highest BCUT2D eigenvalue weighted by Gasteiger charge is 2.29. The van der Waals surface area contributed by atoms with Crippen LogP contribution in [0.3, 0.4) is 0 Å². The Morgan fingerprint density at radius 2 is 2.31 bits per heavy atom. The second kappa shape index (κ2) is 4.65. The van der Waals surface area contributed by atoms with E-state index in [0.29, 0.717) is 23.8 Å².